The Hall–Kier alpha value is -1.55. The number of amides is 1. The Morgan fingerprint density at radius 1 is 1.40 bits per heavy atom. The number of nitrogens with one attached hydrogen (secondary N) is 1. The fourth-order valence-corrected chi connectivity index (χ4v) is 2.04. The van der Waals surface area contributed by atoms with Crippen LogP contribution in [-0.2, 0) is 4.79 Å². The molecule has 1 N–H and O–H groups in total. The van der Waals surface area contributed by atoms with Crippen molar-refractivity contribution in [2.24, 2.45) is 9.98 Å². The van der Waals surface area contributed by atoms with E-state index in [1.807, 2.05) is 18.2 Å². The van der Waals surface area contributed by atoms with Gasteiger partial charge in [-0.3, -0.25) is 9.79 Å². The molecule has 0 radical (unpaired) electrons. The molecule has 1 atom stereocenters. The number of carbonyl (C=O) groups is 1. The van der Waals surface area contributed by atoms with Crippen molar-refractivity contribution in [2.45, 2.75) is 18.9 Å². The normalized spacial score (nSPS) is 28.7. The summed E-state index contributed by atoms with van der Waals surface area (Å²) in [4.78, 5) is 20.4. The summed E-state index contributed by atoms with van der Waals surface area (Å²) in [5, 5.41) is 3.12. The van der Waals surface area contributed by atoms with E-state index >= 15 is 0 Å². The average molecular weight is 201 g/mol. The first-order chi connectivity index (χ1) is 7.34. The highest BCUT2D eigenvalue weighted by Crippen LogP contribution is 2.18. The van der Waals surface area contributed by atoms with Crippen LogP contribution < -0.4 is 5.32 Å². The van der Waals surface area contributed by atoms with Gasteiger partial charge in [-0.2, -0.15) is 0 Å². The Bertz CT molecular complexity index is 443. The first kappa shape index (κ1) is 8.73. The van der Waals surface area contributed by atoms with Gasteiger partial charge in [0.1, 0.15) is 6.04 Å². The van der Waals surface area contributed by atoms with Crippen LogP contribution in [-0.4, -0.2) is 29.9 Å². The average Bonchev–Trinajstić information content (AvgIpc) is 2.64. The summed E-state index contributed by atoms with van der Waals surface area (Å²) in [7, 11) is 0. The zero-order valence-electron chi connectivity index (χ0n) is 8.23. The molecule has 0 aromatic heterocycles. The van der Waals surface area contributed by atoms with Gasteiger partial charge in [-0.25, -0.2) is 4.99 Å². The van der Waals surface area contributed by atoms with Crippen molar-refractivity contribution in [3.63, 3.8) is 0 Å². The summed E-state index contributed by atoms with van der Waals surface area (Å²) in [6.07, 6.45) is 7.60. The summed E-state index contributed by atoms with van der Waals surface area (Å²) in [5.41, 5.74) is 2.49. The van der Waals surface area contributed by atoms with E-state index in [2.05, 4.69) is 15.3 Å². The van der Waals surface area contributed by atoms with Crippen molar-refractivity contribution in [1.82, 2.24) is 5.32 Å². The summed E-state index contributed by atoms with van der Waals surface area (Å²) in [6, 6.07) is -0.280. The second-order valence-electron chi connectivity index (χ2n) is 3.80. The monoisotopic (exact) mass is 201 g/mol. The SMILES string of the molecule is O=C1N=C2C=CCC=C2N=C2CCNC12. The largest absolute Gasteiger partial charge is 0.301 e. The Morgan fingerprint density at radius 3 is 3.27 bits per heavy atom. The molecule has 3 aliphatic rings. The lowest BCUT2D eigenvalue weighted by molar-refractivity contribution is -0.118. The lowest BCUT2D eigenvalue weighted by Crippen LogP contribution is -2.34. The molecule has 3 rings (SSSR count). The molecule has 15 heavy (non-hydrogen) atoms. The molecule has 4 heteroatoms. The van der Waals surface area contributed by atoms with Crippen LogP contribution in [0.1, 0.15) is 12.8 Å². The van der Waals surface area contributed by atoms with E-state index in [1.54, 1.807) is 0 Å². The predicted octanol–water partition coefficient (Wildman–Crippen LogP) is 0.614. The highest BCUT2D eigenvalue weighted by molar-refractivity contribution is 6.22. The van der Waals surface area contributed by atoms with Crippen LogP contribution in [0.5, 0.6) is 0 Å². The predicted molar refractivity (Wildman–Crippen MR) is 58.1 cm³/mol. The van der Waals surface area contributed by atoms with Gasteiger partial charge in [0.15, 0.2) is 0 Å². The molecule has 0 aromatic carbocycles. The van der Waals surface area contributed by atoms with Gasteiger partial charge in [0.2, 0.25) is 0 Å². The number of fused-ring (bicyclic) bond motifs is 2. The van der Waals surface area contributed by atoms with Crippen LogP contribution >= 0.6 is 0 Å². The second-order valence-corrected chi connectivity index (χ2v) is 3.80. The van der Waals surface area contributed by atoms with Gasteiger partial charge in [-0.05, 0) is 12.5 Å². The minimum Gasteiger partial charge on any atom is -0.301 e. The number of nitrogens with zero attached hydrogens (tertiary/aromatic N) is 2. The van der Waals surface area contributed by atoms with E-state index in [0.29, 0.717) is 5.71 Å². The van der Waals surface area contributed by atoms with Crippen molar-refractivity contribution in [1.29, 1.82) is 0 Å². The quantitative estimate of drug-likeness (QED) is 0.624. The molecule has 1 fully saturated rings. The lowest BCUT2D eigenvalue weighted by atomic mass is 10.1. The molecular weight excluding hydrogens is 190 g/mol. The lowest BCUT2D eigenvalue weighted by Gasteiger charge is -2.04. The third-order valence-electron chi connectivity index (χ3n) is 2.79. The third kappa shape index (κ3) is 1.37. The smallest absolute Gasteiger partial charge is 0.269 e. The first-order valence-electron chi connectivity index (χ1n) is 5.15. The number of aliphatic imine (C=N–C) groups is 2. The zero-order valence-corrected chi connectivity index (χ0v) is 8.23. The maximum atomic E-state index is 11.8. The number of rotatable bonds is 0. The molecule has 1 amide bonds. The van der Waals surface area contributed by atoms with Gasteiger partial charge in [0, 0.05) is 18.7 Å². The number of allylic oxidation sites excluding steroid dienone is 3. The van der Waals surface area contributed by atoms with Gasteiger partial charge in [0.05, 0.1) is 11.4 Å². The molecule has 0 aromatic rings. The maximum absolute atomic E-state index is 11.8. The van der Waals surface area contributed by atoms with Crippen LogP contribution in [0.3, 0.4) is 0 Å². The molecule has 0 bridgehead atoms. The molecule has 1 saturated heterocycles. The summed E-state index contributed by atoms with van der Waals surface area (Å²) in [5.74, 6) is -0.115. The van der Waals surface area contributed by atoms with Crippen molar-refractivity contribution in [2.75, 3.05) is 6.54 Å². The zero-order chi connectivity index (χ0) is 10.3. The number of hydrogen-bond acceptors (Lipinski definition) is 3. The molecule has 2 heterocycles. The third-order valence-corrected chi connectivity index (χ3v) is 2.79. The highest BCUT2D eigenvalue weighted by atomic mass is 16.1. The molecule has 0 spiro atoms. The standard InChI is InChI=1S/C11H11N3O/c15-11-10-9(5-6-12-10)13-7-3-1-2-4-8(7)14-11/h2-4,10,12H,1,5-6H2. The first-order valence-corrected chi connectivity index (χ1v) is 5.15. The van der Waals surface area contributed by atoms with Crippen LogP contribution in [0.25, 0.3) is 0 Å². The molecule has 2 aliphatic heterocycles. The van der Waals surface area contributed by atoms with Gasteiger partial charge < -0.3 is 5.32 Å². The highest BCUT2D eigenvalue weighted by Gasteiger charge is 2.31. The Kier molecular flexibility index (Phi) is 1.89. The summed E-state index contributed by atoms with van der Waals surface area (Å²) >= 11 is 0. The summed E-state index contributed by atoms with van der Waals surface area (Å²) < 4.78 is 0. The van der Waals surface area contributed by atoms with Crippen molar-refractivity contribution < 1.29 is 4.79 Å². The molecule has 1 unspecified atom stereocenters. The van der Waals surface area contributed by atoms with Gasteiger partial charge in [0.25, 0.3) is 5.91 Å². The molecule has 76 valence electrons. The molecular formula is C11H11N3O. The van der Waals surface area contributed by atoms with Crippen molar-refractivity contribution in [3.05, 3.63) is 23.9 Å². The summed E-state index contributed by atoms with van der Waals surface area (Å²) in [6.45, 7) is 0.823. The Labute approximate surface area is 87.5 Å². The molecule has 0 saturated carbocycles. The van der Waals surface area contributed by atoms with Crippen molar-refractivity contribution >= 4 is 17.3 Å². The second kappa shape index (κ2) is 3.24. The van der Waals surface area contributed by atoms with Crippen LogP contribution in [0.4, 0.5) is 0 Å². The minimum atomic E-state index is -0.280. The van der Waals surface area contributed by atoms with E-state index in [0.717, 1.165) is 30.8 Å². The van der Waals surface area contributed by atoms with E-state index in [9.17, 15) is 4.79 Å². The maximum Gasteiger partial charge on any atom is 0.269 e. The number of hydrogen-bond donors (Lipinski definition) is 1. The van der Waals surface area contributed by atoms with Gasteiger partial charge in [-0.1, -0.05) is 12.2 Å². The minimum absolute atomic E-state index is 0.115. The fraction of sp³-hybridized carbons (Fsp3) is 0.364. The Morgan fingerprint density at radius 2 is 2.33 bits per heavy atom. The molecule has 1 aliphatic carbocycles. The number of carbonyl (C=O) groups excluding carboxylic acids is 1. The van der Waals surface area contributed by atoms with Crippen LogP contribution in [0, 0.1) is 0 Å². The fourth-order valence-electron chi connectivity index (χ4n) is 2.04. The van der Waals surface area contributed by atoms with E-state index in [1.165, 1.54) is 0 Å². The Balaban J connectivity index is 2.10. The molecule has 4 nitrogen and oxygen atoms in total. The topological polar surface area (TPSA) is 53.8 Å². The van der Waals surface area contributed by atoms with E-state index in [4.69, 9.17) is 0 Å². The van der Waals surface area contributed by atoms with Gasteiger partial charge >= 0.3 is 0 Å². The van der Waals surface area contributed by atoms with E-state index < -0.39 is 0 Å². The van der Waals surface area contributed by atoms with E-state index in [-0.39, 0.29) is 11.9 Å². The van der Waals surface area contributed by atoms with Crippen LogP contribution in [0.2, 0.25) is 0 Å². The van der Waals surface area contributed by atoms with Gasteiger partial charge in [-0.15, -0.1) is 0 Å². The van der Waals surface area contributed by atoms with Crippen LogP contribution in [0.15, 0.2) is 33.9 Å². The van der Waals surface area contributed by atoms with Crippen molar-refractivity contribution in [3.8, 4) is 0 Å².